The predicted molar refractivity (Wildman–Crippen MR) is 92.7 cm³/mol. The Hall–Kier alpha value is -2.87. The number of amides is 1. The number of fused-ring (bicyclic) bond motifs is 1. The molecule has 4 rings (SSSR count). The molecule has 1 aromatic carbocycles. The molecule has 1 aliphatic rings. The van der Waals surface area contributed by atoms with Gasteiger partial charge in [0.1, 0.15) is 5.75 Å². The van der Waals surface area contributed by atoms with Gasteiger partial charge in [-0.25, -0.2) is 4.52 Å². The standard InChI is InChI=1S/C16H13N5O2S/c1-23-11-7-5-10(6-8-11)12-3-2-4-13-17-15(20-21(12)13)19-16-18-14(22)9-24-16/h2-8H,9H2,1H3,(H,18,19,20,22). The van der Waals surface area contributed by atoms with Crippen LogP contribution in [0.1, 0.15) is 0 Å². The molecule has 1 fully saturated rings. The van der Waals surface area contributed by atoms with Gasteiger partial charge < -0.3 is 10.1 Å². The first-order valence-electron chi connectivity index (χ1n) is 7.24. The van der Waals surface area contributed by atoms with Crippen molar-refractivity contribution in [3.63, 3.8) is 0 Å². The first-order chi connectivity index (χ1) is 11.7. The van der Waals surface area contributed by atoms with Crippen molar-refractivity contribution in [2.24, 2.45) is 4.99 Å². The van der Waals surface area contributed by atoms with Crippen molar-refractivity contribution in [2.45, 2.75) is 0 Å². The lowest BCUT2D eigenvalue weighted by atomic mass is 10.1. The zero-order chi connectivity index (χ0) is 16.5. The van der Waals surface area contributed by atoms with E-state index in [1.54, 1.807) is 11.6 Å². The lowest BCUT2D eigenvalue weighted by molar-refractivity contribution is -0.116. The van der Waals surface area contributed by atoms with Crippen LogP contribution >= 0.6 is 11.8 Å². The number of ether oxygens (including phenoxy) is 1. The summed E-state index contributed by atoms with van der Waals surface area (Å²) in [6.45, 7) is 0. The maximum absolute atomic E-state index is 11.2. The number of carbonyl (C=O) groups is 1. The van der Waals surface area contributed by atoms with Crippen LogP contribution in [-0.4, -0.2) is 38.5 Å². The van der Waals surface area contributed by atoms with Crippen LogP contribution in [0.3, 0.4) is 0 Å². The molecule has 0 unspecified atom stereocenters. The number of methoxy groups -OCH3 is 1. The van der Waals surface area contributed by atoms with Crippen LogP contribution < -0.4 is 10.1 Å². The number of amidine groups is 1. The molecule has 24 heavy (non-hydrogen) atoms. The molecule has 0 radical (unpaired) electrons. The van der Waals surface area contributed by atoms with Gasteiger partial charge in [0.15, 0.2) is 10.8 Å². The third-order valence-corrected chi connectivity index (χ3v) is 4.40. The first-order valence-corrected chi connectivity index (χ1v) is 8.23. The smallest absolute Gasteiger partial charge is 0.271 e. The van der Waals surface area contributed by atoms with Gasteiger partial charge in [0.25, 0.3) is 5.95 Å². The summed E-state index contributed by atoms with van der Waals surface area (Å²) in [6.07, 6.45) is 0. The second-order valence-electron chi connectivity index (χ2n) is 5.08. The van der Waals surface area contributed by atoms with Gasteiger partial charge in [-0.1, -0.05) is 17.8 Å². The summed E-state index contributed by atoms with van der Waals surface area (Å²) in [5, 5.41) is 7.65. The van der Waals surface area contributed by atoms with Crippen molar-refractivity contribution >= 4 is 34.4 Å². The molecule has 1 N–H and O–H groups in total. The number of carbonyl (C=O) groups excluding carboxylic acids is 1. The van der Waals surface area contributed by atoms with Crippen molar-refractivity contribution in [3.8, 4) is 17.0 Å². The number of nitrogens with one attached hydrogen (secondary N) is 1. The van der Waals surface area contributed by atoms with Crippen LogP contribution in [0.4, 0.5) is 5.95 Å². The molecule has 0 atom stereocenters. The van der Waals surface area contributed by atoms with E-state index in [-0.39, 0.29) is 5.91 Å². The fourth-order valence-corrected chi connectivity index (χ4v) is 3.07. The predicted octanol–water partition coefficient (Wildman–Crippen LogP) is 2.26. The Morgan fingerprint density at radius 3 is 2.79 bits per heavy atom. The lowest BCUT2D eigenvalue weighted by Gasteiger charge is -2.05. The van der Waals surface area contributed by atoms with E-state index in [9.17, 15) is 4.79 Å². The summed E-state index contributed by atoms with van der Waals surface area (Å²) in [7, 11) is 1.64. The highest BCUT2D eigenvalue weighted by Gasteiger charge is 2.17. The Morgan fingerprint density at radius 2 is 2.08 bits per heavy atom. The van der Waals surface area contributed by atoms with Crippen molar-refractivity contribution < 1.29 is 9.53 Å². The Morgan fingerprint density at radius 1 is 1.25 bits per heavy atom. The van der Waals surface area contributed by atoms with Crippen LogP contribution in [0.5, 0.6) is 5.75 Å². The van der Waals surface area contributed by atoms with E-state index in [1.165, 1.54) is 11.8 Å². The molecule has 3 aromatic rings. The third kappa shape index (κ3) is 2.71. The number of thioether (sulfide) groups is 1. The average Bonchev–Trinajstić information content (AvgIpc) is 3.20. The van der Waals surface area contributed by atoms with E-state index in [2.05, 4.69) is 20.4 Å². The zero-order valence-corrected chi connectivity index (χ0v) is 13.6. The topological polar surface area (TPSA) is 80.9 Å². The molecule has 1 amide bonds. The van der Waals surface area contributed by atoms with Crippen LogP contribution in [0.2, 0.25) is 0 Å². The van der Waals surface area contributed by atoms with Gasteiger partial charge in [-0.15, -0.1) is 5.10 Å². The summed E-state index contributed by atoms with van der Waals surface area (Å²) < 4.78 is 6.93. The minimum atomic E-state index is -0.0542. The van der Waals surface area contributed by atoms with Crippen molar-refractivity contribution in [3.05, 3.63) is 42.5 Å². The maximum Gasteiger partial charge on any atom is 0.271 e. The Balaban J connectivity index is 1.75. The second-order valence-corrected chi connectivity index (χ2v) is 6.04. The van der Waals surface area contributed by atoms with Gasteiger partial charge in [0.2, 0.25) is 5.91 Å². The van der Waals surface area contributed by atoms with E-state index < -0.39 is 0 Å². The fraction of sp³-hybridized carbons (Fsp3) is 0.125. The molecular weight excluding hydrogens is 326 g/mol. The first kappa shape index (κ1) is 14.7. The summed E-state index contributed by atoms with van der Waals surface area (Å²) in [4.78, 5) is 19.9. The maximum atomic E-state index is 11.2. The number of benzene rings is 1. The molecule has 120 valence electrons. The SMILES string of the molecule is COc1ccc(-c2cccc3nc(N=C4NC(=O)CS4)nn23)cc1. The summed E-state index contributed by atoms with van der Waals surface area (Å²) >= 11 is 1.35. The van der Waals surface area contributed by atoms with Gasteiger partial charge in [0.05, 0.1) is 18.6 Å². The Kier molecular flexibility index (Phi) is 3.66. The van der Waals surface area contributed by atoms with Crippen LogP contribution in [0.25, 0.3) is 16.9 Å². The van der Waals surface area contributed by atoms with Crippen LogP contribution in [0.15, 0.2) is 47.5 Å². The molecule has 8 heteroatoms. The van der Waals surface area contributed by atoms with Crippen LogP contribution in [0, 0.1) is 0 Å². The molecule has 2 aromatic heterocycles. The normalized spacial score (nSPS) is 15.9. The van der Waals surface area contributed by atoms with E-state index in [1.807, 2.05) is 42.5 Å². The minimum absolute atomic E-state index is 0.0542. The molecule has 1 saturated heterocycles. The van der Waals surface area contributed by atoms with Gasteiger partial charge >= 0.3 is 0 Å². The molecular formula is C16H13N5O2S. The van der Waals surface area contributed by atoms with Gasteiger partial charge in [-0.3, -0.25) is 4.79 Å². The number of aromatic nitrogens is 3. The molecule has 7 nitrogen and oxygen atoms in total. The van der Waals surface area contributed by atoms with Crippen molar-refractivity contribution in [1.29, 1.82) is 0 Å². The molecule has 3 heterocycles. The van der Waals surface area contributed by atoms with Gasteiger partial charge in [0, 0.05) is 5.56 Å². The number of hydrogen-bond donors (Lipinski definition) is 1. The van der Waals surface area contributed by atoms with E-state index >= 15 is 0 Å². The Bertz CT molecular complexity index is 949. The number of pyridine rings is 1. The van der Waals surface area contributed by atoms with Crippen LogP contribution in [-0.2, 0) is 4.79 Å². The highest BCUT2D eigenvalue weighted by Crippen LogP contribution is 2.24. The molecule has 0 aliphatic carbocycles. The van der Waals surface area contributed by atoms with E-state index in [0.29, 0.717) is 22.5 Å². The highest BCUT2D eigenvalue weighted by atomic mass is 32.2. The van der Waals surface area contributed by atoms with Crippen molar-refractivity contribution in [2.75, 3.05) is 12.9 Å². The molecule has 1 aliphatic heterocycles. The summed E-state index contributed by atoms with van der Waals surface area (Å²) in [6, 6.07) is 13.5. The second kappa shape index (κ2) is 5.97. The minimum Gasteiger partial charge on any atom is -0.497 e. The monoisotopic (exact) mass is 339 g/mol. The zero-order valence-electron chi connectivity index (χ0n) is 12.8. The Labute approximate surface area is 141 Å². The fourth-order valence-electron chi connectivity index (χ4n) is 2.40. The number of hydrogen-bond acceptors (Lipinski definition) is 6. The van der Waals surface area contributed by atoms with Crippen molar-refractivity contribution in [1.82, 2.24) is 19.9 Å². The highest BCUT2D eigenvalue weighted by molar-refractivity contribution is 8.15. The number of aliphatic imine (C=N–C) groups is 1. The third-order valence-electron chi connectivity index (χ3n) is 3.52. The summed E-state index contributed by atoms with van der Waals surface area (Å²) in [5.74, 6) is 1.44. The van der Waals surface area contributed by atoms with Gasteiger partial charge in [-0.05, 0) is 36.4 Å². The van der Waals surface area contributed by atoms with E-state index in [4.69, 9.17) is 4.74 Å². The molecule has 0 saturated carbocycles. The lowest BCUT2D eigenvalue weighted by Crippen LogP contribution is -2.19. The average molecular weight is 339 g/mol. The van der Waals surface area contributed by atoms with E-state index in [0.717, 1.165) is 17.0 Å². The number of rotatable bonds is 3. The largest absolute Gasteiger partial charge is 0.497 e. The van der Waals surface area contributed by atoms with Gasteiger partial charge in [-0.2, -0.15) is 9.98 Å². The molecule has 0 bridgehead atoms. The summed E-state index contributed by atoms with van der Waals surface area (Å²) in [5.41, 5.74) is 2.59. The quantitative estimate of drug-likeness (QED) is 0.791. The number of nitrogens with zero attached hydrogens (tertiary/aromatic N) is 4. The molecule has 0 spiro atoms.